The molecule has 3 N–H and O–H groups in total. The van der Waals surface area contributed by atoms with Gasteiger partial charge in [0.1, 0.15) is 5.75 Å². The molecule has 3 amide bonds. The Kier molecular flexibility index (Phi) is 5.83. The van der Waals surface area contributed by atoms with Crippen molar-refractivity contribution in [2.75, 3.05) is 13.7 Å². The summed E-state index contributed by atoms with van der Waals surface area (Å²) in [6.45, 7) is 0.116. The summed E-state index contributed by atoms with van der Waals surface area (Å²) >= 11 is 0. The van der Waals surface area contributed by atoms with Crippen LogP contribution in [0, 0.1) is 11.8 Å². The van der Waals surface area contributed by atoms with Gasteiger partial charge in [-0.15, -0.1) is 0 Å². The molecule has 1 aliphatic rings. The van der Waals surface area contributed by atoms with E-state index in [9.17, 15) is 14.4 Å². The van der Waals surface area contributed by atoms with Crippen LogP contribution >= 0.6 is 0 Å². The third-order valence-electron chi connectivity index (χ3n) is 5.28. The van der Waals surface area contributed by atoms with E-state index in [2.05, 4.69) is 22.1 Å². The number of benzene rings is 2. The normalized spacial score (nSPS) is 14.0. The summed E-state index contributed by atoms with van der Waals surface area (Å²) in [5.74, 6) is 5.99. The molecule has 1 atom stereocenters. The van der Waals surface area contributed by atoms with Gasteiger partial charge >= 0.3 is 6.03 Å². The predicted octanol–water partition coefficient (Wildman–Crippen LogP) is 1.49. The van der Waals surface area contributed by atoms with Crippen LogP contribution in [-0.4, -0.2) is 51.9 Å². The second-order valence-corrected chi connectivity index (χ2v) is 7.53. The quantitative estimate of drug-likeness (QED) is 0.442. The molecule has 0 aliphatic carbocycles. The summed E-state index contributed by atoms with van der Waals surface area (Å²) in [6, 6.07) is 11.6. The maximum atomic E-state index is 12.9. The molecule has 33 heavy (non-hydrogen) atoms. The van der Waals surface area contributed by atoms with Crippen molar-refractivity contribution in [1.29, 1.82) is 0 Å². The number of methoxy groups -OCH3 is 1. The number of ether oxygens (including phenoxy) is 1. The number of rotatable bonds is 6. The highest BCUT2D eigenvalue weighted by atomic mass is 16.5. The average Bonchev–Trinajstić information content (AvgIpc) is 3.46. The molecule has 0 saturated heterocycles. The van der Waals surface area contributed by atoms with Crippen LogP contribution in [-0.2, 0) is 11.3 Å². The van der Waals surface area contributed by atoms with Gasteiger partial charge in [-0.25, -0.2) is 9.78 Å². The fourth-order valence-electron chi connectivity index (χ4n) is 3.63. The number of aldehydes is 1. The molecule has 9 heteroatoms. The van der Waals surface area contributed by atoms with Crippen molar-refractivity contribution in [3.63, 3.8) is 0 Å². The van der Waals surface area contributed by atoms with Crippen LogP contribution in [0.4, 0.5) is 4.79 Å². The van der Waals surface area contributed by atoms with Gasteiger partial charge in [0.15, 0.2) is 11.8 Å². The van der Waals surface area contributed by atoms with Crippen LogP contribution in [0.1, 0.15) is 21.5 Å². The summed E-state index contributed by atoms with van der Waals surface area (Å²) in [6.07, 6.45) is 5.67. The molecule has 9 nitrogen and oxygen atoms in total. The van der Waals surface area contributed by atoms with Crippen LogP contribution in [0.15, 0.2) is 61.2 Å². The monoisotopic (exact) mass is 443 g/mol. The number of carbonyl (C=O) groups is 3. The molecule has 2 aromatic carbocycles. The Bertz CT molecular complexity index is 1260. The molecule has 0 fully saturated rings. The summed E-state index contributed by atoms with van der Waals surface area (Å²) in [7, 11) is 1.52. The van der Waals surface area contributed by atoms with Crippen molar-refractivity contribution in [2.24, 2.45) is 5.73 Å². The maximum absolute atomic E-state index is 12.9. The minimum absolute atomic E-state index is 0.157. The first kappa shape index (κ1) is 21.6. The van der Waals surface area contributed by atoms with E-state index in [0.717, 1.165) is 11.3 Å². The van der Waals surface area contributed by atoms with Crippen molar-refractivity contribution >= 4 is 18.2 Å². The second kappa shape index (κ2) is 8.88. The van der Waals surface area contributed by atoms with Gasteiger partial charge in [-0.05, 0) is 42.0 Å². The van der Waals surface area contributed by atoms with Crippen LogP contribution < -0.4 is 15.8 Å². The average molecular weight is 443 g/mol. The highest BCUT2D eigenvalue weighted by Crippen LogP contribution is 2.27. The molecule has 1 aromatic heterocycles. The number of amides is 3. The van der Waals surface area contributed by atoms with E-state index >= 15 is 0 Å². The molecule has 0 unspecified atom stereocenters. The number of nitrogens with two attached hydrogens (primary N) is 1. The number of hydrogen-bond donors (Lipinski definition) is 2. The number of aromatic nitrogens is 2. The Morgan fingerprint density at radius 1 is 1.30 bits per heavy atom. The van der Waals surface area contributed by atoms with Gasteiger partial charge in [0.25, 0.3) is 5.91 Å². The van der Waals surface area contributed by atoms with Gasteiger partial charge in [0.05, 0.1) is 20.0 Å². The van der Waals surface area contributed by atoms with E-state index < -0.39 is 11.6 Å². The molecule has 2 heterocycles. The summed E-state index contributed by atoms with van der Waals surface area (Å²) in [5, 5.41) is 2.41. The first-order valence-corrected chi connectivity index (χ1v) is 10.0. The standard InChI is InChI=1S/C24H21N5O4/c1-33-20-7-4-18-13-29(22(31)21(18)12-20)14-24(15-30,27-23(25)32)9-8-17-2-5-19(6-3-17)28-11-10-26-16-28/h2-7,10-12,15-16H,13-14H2,1H3,(H3,25,27,32)/t24-/m1/s1. The fraction of sp³-hybridized carbons (Fsp3) is 0.167. The van der Waals surface area contributed by atoms with Crippen LogP contribution in [0.25, 0.3) is 5.69 Å². The summed E-state index contributed by atoms with van der Waals surface area (Å²) in [4.78, 5) is 42.2. The molecule has 1 aliphatic heterocycles. The molecular weight excluding hydrogens is 422 g/mol. The van der Waals surface area contributed by atoms with E-state index in [1.54, 1.807) is 42.9 Å². The number of primary amides is 1. The highest BCUT2D eigenvalue weighted by Gasteiger charge is 2.37. The highest BCUT2D eigenvalue weighted by molar-refractivity contribution is 5.99. The molecule has 166 valence electrons. The molecule has 0 saturated carbocycles. The lowest BCUT2D eigenvalue weighted by Gasteiger charge is -2.28. The first-order chi connectivity index (χ1) is 15.9. The molecule has 0 radical (unpaired) electrons. The first-order valence-electron chi connectivity index (χ1n) is 10.0. The maximum Gasteiger partial charge on any atom is 0.313 e. The topological polar surface area (TPSA) is 120 Å². The van der Waals surface area contributed by atoms with Crippen molar-refractivity contribution in [2.45, 2.75) is 12.1 Å². The zero-order valence-corrected chi connectivity index (χ0v) is 17.8. The number of carbonyl (C=O) groups excluding carboxylic acids is 3. The van der Waals surface area contributed by atoms with Gasteiger partial charge in [-0.1, -0.05) is 17.9 Å². The van der Waals surface area contributed by atoms with Crippen LogP contribution in [0.2, 0.25) is 0 Å². The van der Waals surface area contributed by atoms with Gasteiger partial charge in [-0.3, -0.25) is 9.59 Å². The van der Waals surface area contributed by atoms with E-state index in [1.165, 1.54) is 12.0 Å². The Morgan fingerprint density at radius 3 is 2.73 bits per heavy atom. The van der Waals surface area contributed by atoms with E-state index in [0.29, 0.717) is 23.2 Å². The third-order valence-corrected chi connectivity index (χ3v) is 5.28. The van der Waals surface area contributed by atoms with Crippen molar-refractivity contribution in [3.05, 3.63) is 77.9 Å². The Hall–Kier alpha value is -4.58. The lowest BCUT2D eigenvalue weighted by Crippen LogP contribution is -2.57. The van der Waals surface area contributed by atoms with Gasteiger partial charge in [-0.2, -0.15) is 0 Å². The molecule has 0 bridgehead atoms. The zero-order chi connectivity index (χ0) is 23.4. The molecule has 3 aromatic rings. The van der Waals surface area contributed by atoms with Crippen LogP contribution in [0.5, 0.6) is 5.75 Å². The number of hydrogen-bond acceptors (Lipinski definition) is 5. The minimum Gasteiger partial charge on any atom is -0.497 e. The third kappa shape index (κ3) is 4.55. The van der Waals surface area contributed by atoms with Crippen molar-refractivity contribution < 1.29 is 19.1 Å². The predicted molar refractivity (Wildman–Crippen MR) is 120 cm³/mol. The van der Waals surface area contributed by atoms with Gasteiger partial charge in [0.2, 0.25) is 0 Å². The zero-order valence-electron chi connectivity index (χ0n) is 17.8. The van der Waals surface area contributed by atoms with Gasteiger partial charge in [0, 0.05) is 35.8 Å². The number of nitrogens with one attached hydrogen (secondary N) is 1. The van der Waals surface area contributed by atoms with Crippen molar-refractivity contribution in [3.8, 4) is 23.3 Å². The number of imidazole rings is 1. The molecule has 0 spiro atoms. The smallest absolute Gasteiger partial charge is 0.313 e. The van der Waals surface area contributed by atoms with E-state index in [-0.39, 0.29) is 19.0 Å². The van der Waals surface area contributed by atoms with E-state index in [1.807, 2.05) is 22.9 Å². The Morgan fingerprint density at radius 2 is 2.09 bits per heavy atom. The van der Waals surface area contributed by atoms with Gasteiger partial charge < -0.3 is 25.3 Å². The Labute approximate surface area is 190 Å². The summed E-state index contributed by atoms with van der Waals surface area (Å²) in [5.41, 5.74) is 6.45. The molecule has 4 rings (SSSR count). The van der Waals surface area contributed by atoms with Crippen molar-refractivity contribution in [1.82, 2.24) is 19.8 Å². The van der Waals surface area contributed by atoms with Crippen LogP contribution in [0.3, 0.4) is 0 Å². The molecular formula is C24H21N5O4. The lowest BCUT2D eigenvalue weighted by molar-refractivity contribution is -0.111. The SMILES string of the molecule is COc1ccc2c(c1)C(=O)N(C[C@](C#Cc1ccc(-n3ccnc3)cc1)(C=O)NC(N)=O)C2. The van der Waals surface area contributed by atoms with E-state index in [4.69, 9.17) is 10.5 Å². The fourth-order valence-corrected chi connectivity index (χ4v) is 3.63. The number of urea groups is 1. The second-order valence-electron chi connectivity index (χ2n) is 7.53. The summed E-state index contributed by atoms with van der Waals surface area (Å²) < 4.78 is 7.03. The largest absolute Gasteiger partial charge is 0.497 e. The minimum atomic E-state index is -1.67. The lowest BCUT2D eigenvalue weighted by atomic mass is 10.0. The Balaban J connectivity index is 1.59. The number of nitrogens with zero attached hydrogens (tertiary/aromatic N) is 3. The number of fused-ring (bicyclic) bond motifs is 1.